The molecule has 2 aromatic carbocycles. The normalized spacial score (nSPS) is 10.8. The third kappa shape index (κ3) is 5.41. The topological polar surface area (TPSA) is 25.8 Å². The summed E-state index contributed by atoms with van der Waals surface area (Å²) in [5.74, 6) is 0. The summed E-state index contributed by atoms with van der Waals surface area (Å²) in [4.78, 5) is 9.42. The first-order valence-corrected chi connectivity index (χ1v) is 11.0. The zero-order valence-electron chi connectivity index (χ0n) is 16.2. The van der Waals surface area contributed by atoms with E-state index < -0.39 is 0 Å². The predicted molar refractivity (Wildman–Crippen MR) is 135 cm³/mol. The van der Waals surface area contributed by atoms with E-state index in [4.69, 9.17) is 9.97 Å². The molecule has 0 bridgehead atoms. The van der Waals surface area contributed by atoms with Gasteiger partial charge < -0.3 is 0 Å². The fourth-order valence-corrected chi connectivity index (χ4v) is 5.37. The number of benzene rings is 2. The summed E-state index contributed by atoms with van der Waals surface area (Å²) in [5.41, 5.74) is 5.27. The molecule has 6 heteroatoms. The molecule has 4 aromatic rings. The Balaban J connectivity index is 0.00000140. The van der Waals surface area contributed by atoms with Crippen LogP contribution < -0.4 is 0 Å². The third-order valence-corrected chi connectivity index (χ3v) is 6.73. The van der Waals surface area contributed by atoms with Gasteiger partial charge in [-0.25, -0.2) is 9.97 Å². The zero-order chi connectivity index (χ0) is 17.9. The molecule has 0 atom stereocenters. The molecule has 0 unspecified atom stereocenters. The first-order chi connectivity index (χ1) is 12.7. The first kappa shape index (κ1) is 23.5. The lowest BCUT2D eigenvalue weighted by Crippen LogP contribution is -1.90. The highest BCUT2D eigenvalue weighted by Gasteiger charge is 2.07. The minimum absolute atomic E-state index is 0. The lowest BCUT2D eigenvalue weighted by atomic mass is 10.0. The van der Waals surface area contributed by atoms with Crippen molar-refractivity contribution in [1.82, 2.24) is 9.97 Å². The number of nitrogens with zero attached hydrogens (tertiary/aromatic N) is 2. The van der Waals surface area contributed by atoms with Crippen LogP contribution in [0.3, 0.4) is 0 Å². The highest BCUT2D eigenvalue weighted by atomic mass is 79.9. The van der Waals surface area contributed by atoms with Crippen LogP contribution in [0.4, 0.5) is 0 Å². The second-order valence-electron chi connectivity index (χ2n) is 6.91. The zero-order valence-corrected chi connectivity index (χ0v) is 21.3. The van der Waals surface area contributed by atoms with Crippen molar-refractivity contribution in [3.63, 3.8) is 0 Å². The Hall–Kier alpha value is -0.820. The predicted octanol–water partition coefficient (Wildman–Crippen LogP) is 8.02. The fraction of sp³-hybridized carbons (Fsp3) is 0.364. The fourth-order valence-electron chi connectivity index (χ4n) is 3.62. The molecule has 0 aliphatic rings. The number of aryl methyl sites for hydroxylation is 4. The molecule has 0 N–H and O–H groups in total. The van der Waals surface area contributed by atoms with Crippen LogP contribution in [0.5, 0.6) is 0 Å². The molecule has 28 heavy (non-hydrogen) atoms. The Labute approximate surface area is 196 Å². The Kier molecular flexibility index (Phi) is 9.06. The number of fused-ring (bicyclic) bond motifs is 2. The average Bonchev–Trinajstić information content (AvgIpc) is 3.19. The van der Waals surface area contributed by atoms with Gasteiger partial charge in [0.2, 0.25) is 0 Å². The van der Waals surface area contributed by atoms with Crippen LogP contribution >= 0.6 is 56.6 Å². The van der Waals surface area contributed by atoms with Crippen LogP contribution in [0.15, 0.2) is 36.4 Å². The number of unbranched alkanes of at least 4 members (excludes halogenated alkanes) is 3. The minimum atomic E-state index is 0. The van der Waals surface area contributed by atoms with Gasteiger partial charge in [0.15, 0.2) is 0 Å². The van der Waals surface area contributed by atoms with Gasteiger partial charge in [-0.3, -0.25) is 0 Å². The standard InChI is InChI=1S/C22H24N2S2.2BrH/c1-15-23-21-17(11-7-13-19(21)25-15)9-5-3-4-6-10-18-12-8-14-20-22(18)24-16(2)26-20;;/h7-8,11-14H,3-6,9-10H2,1-2H3;2*1H. The number of para-hydroxylation sites is 2. The van der Waals surface area contributed by atoms with Gasteiger partial charge in [0.1, 0.15) is 0 Å². The molecule has 0 radical (unpaired) electrons. The average molecular weight is 542 g/mol. The summed E-state index contributed by atoms with van der Waals surface area (Å²) in [6, 6.07) is 13.2. The van der Waals surface area contributed by atoms with Gasteiger partial charge >= 0.3 is 0 Å². The quantitative estimate of drug-likeness (QED) is 0.221. The molecule has 0 spiro atoms. The van der Waals surface area contributed by atoms with E-state index in [-0.39, 0.29) is 34.0 Å². The van der Waals surface area contributed by atoms with E-state index >= 15 is 0 Å². The lowest BCUT2D eigenvalue weighted by Gasteiger charge is -2.04. The van der Waals surface area contributed by atoms with Crippen molar-refractivity contribution in [2.75, 3.05) is 0 Å². The molecule has 0 saturated heterocycles. The van der Waals surface area contributed by atoms with E-state index in [0.717, 1.165) is 12.8 Å². The summed E-state index contributed by atoms with van der Waals surface area (Å²) in [6.45, 7) is 4.19. The molecular formula is C22H26Br2N2S2. The van der Waals surface area contributed by atoms with Crippen LogP contribution in [0, 0.1) is 13.8 Å². The molecule has 0 saturated carbocycles. The highest BCUT2D eigenvalue weighted by Crippen LogP contribution is 2.27. The van der Waals surface area contributed by atoms with Gasteiger partial charge in [-0.15, -0.1) is 56.6 Å². The summed E-state index contributed by atoms with van der Waals surface area (Å²) < 4.78 is 2.65. The molecule has 0 fully saturated rings. The molecule has 0 amide bonds. The molecular weight excluding hydrogens is 516 g/mol. The maximum atomic E-state index is 4.71. The number of rotatable bonds is 7. The van der Waals surface area contributed by atoms with Crippen molar-refractivity contribution in [1.29, 1.82) is 0 Å². The number of hydrogen-bond acceptors (Lipinski definition) is 4. The van der Waals surface area contributed by atoms with E-state index in [1.807, 2.05) is 0 Å². The maximum absolute atomic E-state index is 4.71. The SMILES string of the molecule is Br.Br.Cc1nc2c(CCCCCCc3cccc4sc(C)nc34)cccc2s1. The van der Waals surface area contributed by atoms with Crippen LogP contribution in [0.2, 0.25) is 0 Å². The van der Waals surface area contributed by atoms with Crippen molar-refractivity contribution >= 4 is 77.1 Å². The number of thiazole rings is 2. The summed E-state index contributed by atoms with van der Waals surface area (Å²) in [7, 11) is 0. The van der Waals surface area contributed by atoms with Gasteiger partial charge in [-0.1, -0.05) is 37.1 Å². The van der Waals surface area contributed by atoms with Crippen LogP contribution in [0.25, 0.3) is 20.4 Å². The number of hydrogen-bond donors (Lipinski definition) is 0. The molecule has 4 rings (SSSR count). The molecule has 2 nitrogen and oxygen atoms in total. The van der Waals surface area contributed by atoms with Crippen molar-refractivity contribution in [2.24, 2.45) is 0 Å². The monoisotopic (exact) mass is 540 g/mol. The van der Waals surface area contributed by atoms with Crippen molar-refractivity contribution in [2.45, 2.75) is 52.4 Å². The van der Waals surface area contributed by atoms with E-state index in [1.165, 1.54) is 67.3 Å². The van der Waals surface area contributed by atoms with Gasteiger partial charge in [-0.2, -0.15) is 0 Å². The molecule has 2 aromatic heterocycles. The van der Waals surface area contributed by atoms with E-state index in [2.05, 4.69) is 50.2 Å². The van der Waals surface area contributed by atoms with Crippen LogP contribution in [-0.2, 0) is 12.8 Å². The number of halogens is 2. The highest BCUT2D eigenvalue weighted by molar-refractivity contribution is 8.93. The van der Waals surface area contributed by atoms with E-state index in [0.29, 0.717) is 0 Å². The lowest BCUT2D eigenvalue weighted by molar-refractivity contribution is 0.642. The summed E-state index contributed by atoms with van der Waals surface area (Å²) in [6.07, 6.45) is 7.34. The Bertz CT molecular complexity index is 956. The number of aromatic nitrogens is 2. The Morgan fingerprint density at radius 1 is 0.643 bits per heavy atom. The molecule has 0 aliphatic carbocycles. The second-order valence-corrected chi connectivity index (χ2v) is 9.38. The van der Waals surface area contributed by atoms with Crippen molar-refractivity contribution in [3.8, 4) is 0 Å². The van der Waals surface area contributed by atoms with Gasteiger partial charge in [0, 0.05) is 0 Å². The smallest absolute Gasteiger partial charge is 0.0907 e. The summed E-state index contributed by atoms with van der Waals surface area (Å²) >= 11 is 3.60. The molecule has 150 valence electrons. The minimum Gasteiger partial charge on any atom is -0.241 e. The van der Waals surface area contributed by atoms with E-state index in [9.17, 15) is 0 Å². The van der Waals surface area contributed by atoms with Crippen LogP contribution in [-0.4, -0.2) is 9.97 Å². The van der Waals surface area contributed by atoms with Crippen molar-refractivity contribution < 1.29 is 0 Å². The second kappa shape index (κ2) is 10.8. The van der Waals surface area contributed by atoms with E-state index in [1.54, 1.807) is 22.7 Å². The summed E-state index contributed by atoms with van der Waals surface area (Å²) in [5, 5.41) is 2.33. The Morgan fingerprint density at radius 2 is 1.07 bits per heavy atom. The third-order valence-electron chi connectivity index (χ3n) is 4.86. The van der Waals surface area contributed by atoms with Gasteiger partial charge in [0.05, 0.1) is 30.4 Å². The Morgan fingerprint density at radius 3 is 1.50 bits per heavy atom. The van der Waals surface area contributed by atoms with Gasteiger partial charge in [0.25, 0.3) is 0 Å². The molecule has 2 heterocycles. The van der Waals surface area contributed by atoms with Crippen molar-refractivity contribution in [3.05, 3.63) is 57.5 Å². The maximum Gasteiger partial charge on any atom is 0.0907 e. The first-order valence-electron chi connectivity index (χ1n) is 9.41. The van der Waals surface area contributed by atoms with Gasteiger partial charge in [-0.05, 0) is 62.8 Å². The molecule has 0 aliphatic heterocycles. The van der Waals surface area contributed by atoms with Crippen LogP contribution in [0.1, 0.15) is 46.8 Å². The largest absolute Gasteiger partial charge is 0.241 e.